The highest BCUT2D eigenvalue weighted by atomic mass is 79.9. The number of unbranched alkanes of at least 4 members (excludes halogenated alkanes) is 3. The largest absolute Gasteiger partial charge is 0.269 e. The summed E-state index contributed by atoms with van der Waals surface area (Å²) < 4.78 is 0. The van der Waals surface area contributed by atoms with E-state index in [4.69, 9.17) is 0 Å². The van der Waals surface area contributed by atoms with Gasteiger partial charge in [-0.2, -0.15) is 0 Å². The van der Waals surface area contributed by atoms with Gasteiger partial charge in [0.1, 0.15) is 0 Å². The molecule has 0 spiro atoms. The third-order valence-corrected chi connectivity index (χ3v) is 3.76. The van der Waals surface area contributed by atoms with Crippen molar-refractivity contribution in [1.82, 2.24) is 0 Å². The Balaban J connectivity index is 2.35. The van der Waals surface area contributed by atoms with Crippen LogP contribution in [0.3, 0.4) is 0 Å². The van der Waals surface area contributed by atoms with E-state index in [1.54, 1.807) is 12.1 Å². The van der Waals surface area contributed by atoms with Gasteiger partial charge in [-0.1, -0.05) is 60.7 Å². The van der Waals surface area contributed by atoms with E-state index in [1.165, 1.54) is 25.7 Å². The van der Waals surface area contributed by atoms with Gasteiger partial charge in [0.2, 0.25) is 0 Å². The summed E-state index contributed by atoms with van der Waals surface area (Å²) in [6, 6.07) is 6.84. The van der Waals surface area contributed by atoms with Crippen LogP contribution in [0.1, 0.15) is 44.6 Å². The minimum absolute atomic E-state index is 0.160. The van der Waals surface area contributed by atoms with Crippen molar-refractivity contribution in [3.05, 3.63) is 39.9 Å². The molecule has 0 amide bonds. The molecule has 1 rings (SSSR count). The lowest BCUT2D eigenvalue weighted by Crippen LogP contribution is -2.02. The number of halogens is 1. The van der Waals surface area contributed by atoms with Crippen molar-refractivity contribution in [2.75, 3.05) is 0 Å². The van der Waals surface area contributed by atoms with Crippen molar-refractivity contribution < 1.29 is 4.92 Å². The fourth-order valence-electron chi connectivity index (χ4n) is 1.90. The highest BCUT2D eigenvalue weighted by Gasteiger charge is 2.08. The highest BCUT2D eigenvalue weighted by molar-refractivity contribution is 9.09. The number of rotatable bonds is 8. The van der Waals surface area contributed by atoms with Gasteiger partial charge in [0.25, 0.3) is 5.69 Å². The summed E-state index contributed by atoms with van der Waals surface area (Å²) in [5.74, 6) is 0. The molecule has 0 aliphatic rings. The monoisotopic (exact) mass is 313 g/mol. The molecule has 0 heterocycles. The zero-order chi connectivity index (χ0) is 13.4. The number of nitro benzene ring substituents is 1. The van der Waals surface area contributed by atoms with Crippen LogP contribution < -0.4 is 0 Å². The molecule has 1 aromatic rings. The zero-order valence-corrected chi connectivity index (χ0v) is 12.4. The normalized spacial score (nSPS) is 12.3. The van der Waals surface area contributed by atoms with Crippen molar-refractivity contribution in [3.63, 3.8) is 0 Å². The van der Waals surface area contributed by atoms with Crippen LogP contribution in [-0.4, -0.2) is 9.75 Å². The minimum Gasteiger partial charge on any atom is -0.258 e. The second-order valence-electron chi connectivity index (χ2n) is 4.57. The quantitative estimate of drug-likeness (QED) is 0.297. The number of nitrogens with zero attached hydrogens (tertiary/aromatic N) is 1. The lowest BCUT2D eigenvalue weighted by molar-refractivity contribution is -0.384. The first kappa shape index (κ1) is 15.2. The van der Waals surface area contributed by atoms with Crippen molar-refractivity contribution in [2.45, 2.75) is 50.3 Å². The molecule has 3 nitrogen and oxygen atoms in total. The molecular weight excluding hydrogens is 294 g/mol. The van der Waals surface area contributed by atoms with E-state index < -0.39 is 0 Å². The van der Waals surface area contributed by atoms with Crippen molar-refractivity contribution in [2.24, 2.45) is 0 Å². The average molecular weight is 314 g/mol. The second-order valence-corrected chi connectivity index (χ2v) is 5.87. The summed E-state index contributed by atoms with van der Waals surface area (Å²) in [5.41, 5.74) is 1.31. The Bertz CT molecular complexity index is 365. The Morgan fingerprint density at radius 1 is 1.22 bits per heavy atom. The third kappa shape index (κ3) is 5.63. The molecule has 0 saturated carbocycles. The topological polar surface area (TPSA) is 43.1 Å². The summed E-state index contributed by atoms with van der Waals surface area (Å²) >= 11 is 3.68. The van der Waals surface area contributed by atoms with E-state index in [9.17, 15) is 10.1 Å². The highest BCUT2D eigenvalue weighted by Crippen LogP contribution is 2.19. The fraction of sp³-hybridized carbons (Fsp3) is 0.571. The predicted molar refractivity (Wildman–Crippen MR) is 78.3 cm³/mol. The Morgan fingerprint density at radius 3 is 2.44 bits per heavy atom. The summed E-state index contributed by atoms with van der Waals surface area (Å²) in [7, 11) is 0. The lowest BCUT2D eigenvalue weighted by atomic mass is 10.0. The van der Waals surface area contributed by atoms with Crippen LogP contribution in [-0.2, 0) is 6.42 Å². The molecule has 1 unspecified atom stereocenters. The maximum atomic E-state index is 10.5. The molecule has 1 aromatic carbocycles. The molecule has 18 heavy (non-hydrogen) atoms. The van der Waals surface area contributed by atoms with Gasteiger partial charge in [-0.05, 0) is 18.4 Å². The first-order valence-corrected chi connectivity index (χ1v) is 7.42. The van der Waals surface area contributed by atoms with E-state index in [2.05, 4.69) is 22.9 Å². The molecule has 0 bridgehead atoms. The van der Waals surface area contributed by atoms with Gasteiger partial charge in [-0.15, -0.1) is 0 Å². The van der Waals surface area contributed by atoms with Gasteiger partial charge in [-0.3, -0.25) is 10.1 Å². The third-order valence-electron chi connectivity index (χ3n) is 2.98. The van der Waals surface area contributed by atoms with Crippen LogP contribution in [0, 0.1) is 10.1 Å². The van der Waals surface area contributed by atoms with Gasteiger partial charge in [0.15, 0.2) is 0 Å². The standard InChI is InChI=1S/C14H20BrNO2/c1-2-3-4-5-6-13(15)11-12-7-9-14(10-8-12)16(17)18/h7-10,13H,2-6,11H2,1H3. The van der Waals surface area contributed by atoms with E-state index >= 15 is 0 Å². The van der Waals surface area contributed by atoms with Gasteiger partial charge in [0, 0.05) is 17.0 Å². The average Bonchev–Trinajstić information content (AvgIpc) is 2.35. The number of non-ortho nitro benzene ring substituents is 1. The SMILES string of the molecule is CCCCCCC(Br)Cc1ccc([N+](=O)[O-])cc1. The maximum Gasteiger partial charge on any atom is 0.269 e. The van der Waals surface area contributed by atoms with Crippen LogP contribution in [0.4, 0.5) is 5.69 Å². The molecule has 0 saturated heterocycles. The first-order chi connectivity index (χ1) is 8.63. The van der Waals surface area contributed by atoms with Crippen LogP contribution >= 0.6 is 15.9 Å². The zero-order valence-electron chi connectivity index (χ0n) is 10.8. The molecule has 0 aliphatic carbocycles. The van der Waals surface area contributed by atoms with Crippen LogP contribution in [0.25, 0.3) is 0 Å². The summed E-state index contributed by atoms with van der Waals surface area (Å²) in [4.78, 5) is 10.6. The van der Waals surface area contributed by atoms with Crippen LogP contribution in [0.2, 0.25) is 0 Å². The Kier molecular flexibility index (Phi) is 6.94. The molecule has 0 fully saturated rings. The molecule has 0 aliphatic heterocycles. The van der Waals surface area contributed by atoms with E-state index in [-0.39, 0.29) is 10.6 Å². The Labute approximate surface area is 117 Å². The predicted octanol–water partition coefficient (Wildman–Crippen LogP) is 4.87. The summed E-state index contributed by atoms with van der Waals surface area (Å²) in [6.45, 7) is 2.21. The van der Waals surface area contributed by atoms with E-state index in [0.717, 1.165) is 18.4 Å². The molecule has 0 aromatic heterocycles. The fourth-order valence-corrected chi connectivity index (χ4v) is 2.60. The lowest BCUT2D eigenvalue weighted by Gasteiger charge is -2.09. The van der Waals surface area contributed by atoms with Gasteiger partial charge >= 0.3 is 0 Å². The van der Waals surface area contributed by atoms with Gasteiger partial charge in [0.05, 0.1) is 4.92 Å². The first-order valence-electron chi connectivity index (χ1n) is 6.51. The number of alkyl halides is 1. The molecule has 100 valence electrons. The van der Waals surface area contributed by atoms with E-state index in [0.29, 0.717) is 4.83 Å². The number of nitro groups is 1. The minimum atomic E-state index is -0.361. The molecular formula is C14H20BrNO2. The van der Waals surface area contributed by atoms with Crippen LogP contribution in [0.15, 0.2) is 24.3 Å². The summed E-state index contributed by atoms with van der Waals surface area (Å²) in [5, 5.41) is 10.5. The van der Waals surface area contributed by atoms with Crippen LogP contribution in [0.5, 0.6) is 0 Å². The molecule has 0 radical (unpaired) electrons. The number of hydrogen-bond donors (Lipinski definition) is 0. The molecule has 1 atom stereocenters. The Morgan fingerprint density at radius 2 is 1.89 bits per heavy atom. The van der Waals surface area contributed by atoms with Crippen molar-refractivity contribution in [1.29, 1.82) is 0 Å². The van der Waals surface area contributed by atoms with Gasteiger partial charge in [-0.25, -0.2) is 0 Å². The molecule has 0 N–H and O–H groups in total. The summed E-state index contributed by atoms with van der Waals surface area (Å²) in [6.07, 6.45) is 7.20. The number of benzene rings is 1. The smallest absolute Gasteiger partial charge is 0.258 e. The van der Waals surface area contributed by atoms with E-state index in [1.807, 2.05) is 12.1 Å². The Hall–Kier alpha value is -0.900. The van der Waals surface area contributed by atoms with Crippen molar-refractivity contribution >= 4 is 21.6 Å². The van der Waals surface area contributed by atoms with Crippen molar-refractivity contribution in [3.8, 4) is 0 Å². The maximum absolute atomic E-state index is 10.5. The van der Waals surface area contributed by atoms with Gasteiger partial charge < -0.3 is 0 Å². The molecule has 4 heteroatoms. The second kappa shape index (κ2) is 8.25. The number of hydrogen-bond acceptors (Lipinski definition) is 2.